The van der Waals surface area contributed by atoms with Crippen molar-refractivity contribution < 1.29 is 32.5 Å². The number of hydrogen-bond donors (Lipinski definition) is 1. The van der Waals surface area contributed by atoms with Crippen molar-refractivity contribution in [2.24, 2.45) is 7.05 Å². The molecule has 0 bridgehead atoms. The smallest absolute Gasteiger partial charge is 0.335 e. The molecule has 1 aliphatic rings. The van der Waals surface area contributed by atoms with Gasteiger partial charge in [-0.15, -0.1) is 0 Å². The summed E-state index contributed by atoms with van der Waals surface area (Å²) in [5, 5.41) is 13.6. The quantitative estimate of drug-likeness (QED) is 0.172. The van der Waals surface area contributed by atoms with Crippen LogP contribution in [-0.2, 0) is 31.4 Å². The summed E-state index contributed by atoms with van der Waals surface area (Å²) in [6, 6.07) is 16.0. The highest BCUT2D eigenvalue weighted by molar-refractivity contribution is 5.92. The van der Waals surface area contributed by atoms with Gasteiger partial charge >= 0.3 is 5.97 Å². The normalized spacial score (nSPS) is 13.9. The third-order valence-electron chi connectivity index (χ3n) is 8.74. The van der Waals surface area contributed by atoms with Crippen LogP contribution in [0.4, 0.5) is 13.2 Å². The molecule has 6 aromatic rings. The van der Waals surface area contributed by atoms with Crippen molar-refractivity contribution in [3.63, 3.8) is 0 Å². The van der Waals surface area contributed by atoms with E-state index in [1.165, 1.54) is 24.3 Å². The third-order valence-corrected chi connectivity index (χ3v) is 8.74. The van der Waals surface area contributed by atoms with E-state index in [9.17, 15) is 14.3 Å². The number of imidazole rings is 1. The standard InChI is InChI=1S/C38H30F3N5O4/c1-22-25(19-42-45(22)2)8-6-23-7-9-26(30(39)14-23)21-50-37-5-3-4-33(44-37)29-18-31(40)27(15-32(29)41)17-36-43-34-11-10-24(38(47)48)16-35(34)46(36)20-28-12-13-49-28/h3-5,7,9-11,14-16,18-19,28H,12-13,17,20-21H2,1-2H3,(H,47,48). The van der Waals surface area contributed by atoms with Crippen molar-refractivity contribution in [2.75, 3.05) is 6.61 Å². The number of rotatable bonds is 9. The summed E-state index contributed by atoms with van der Waals surface area (Å²) in [4.78, 5) is 20.6. The Morgan fingerprint density at radius 3 is 2.54 bits per heavy atom. The number of ether oxygens (including phenoxy) is 2. The Labute approximate surface area is 284 Å². The van der Waals surface area contributed by atoms with E-state index in [4.69, 9.17) is 9.47 Å². The van der Waals surface area contributed by atoms with Crippen molar-refractivity contribution in [1.82, 2.24) is 24.3 Å². The van der Waals surface area contributed by atoms with Crippen LogP contribution in [0.25, 0.3) is 22.3 Å². The Balaban J connectivity index is 1.08. The predicted octanol–water partition coefficient (Wildman–Crippen LogP) is 6.61. The zero-order valence-electron chi connectivity index (χ0n) is 27.1. The lowest BCUT2D eigenvalue weighted by Crippen LogP contribution is -2.31. The molecule has 0 amide bonds. The summed E-state index contributed by atoms with van der Waals surface area (Å²) in [6.45, 7) is 2.79. The number of aromatic carboxylic acids is 1. The molecule has 0 saturated carbocycles. The molecule has 1 aliphatic heterocycles. The van der Waals surface area contributed by atoms with Crippen LogP contribution in [0.2, 0.25) is 0 Å². The lowest BCUT2D eigenvalue weighted by molar-refractivity contribution is -0.0589. The molecule has 1 saturated heterocycles. The van der Waals surface area contributed by atoms with E-state index in [0.717, 1.165) is 29.8 Å². The molecule has 9 nitrogen and oxygen atoms in total. The molecule has 7 rings (SSSR count). The fourth-order valence-corrected chi connectivity index (χ4v) is 5.67. The second-order valence-corrected chi connectivity index (χ2v) is 12.0. The van der Waals surface area contributed by atoms with E-state index in [0.29, 0.717) is 35.6 Å². The van der Waals surface area contributed by atoms with E-state index in [1.807, 2.05) is 18.5 Å². The Morgan fingerprint density at radius 1 is 1.00 bits per heavy atom. The van der Waals surface area contributed by atoms with Gasteiger partial charge in [0.15, 0.2) is 0 Å². The summed E-state index contributed by atoms with van der Waals surface area (Å²) >= 11 is 0. The molecule has 50 heavy (non-hydrogen) atoms. The number of hydrogen-bond acceptors (Lipinski definition) is 6. The van der Waals surface area contributed by atoms with Gasteiger partial charge in [0, 0.05) is 42.8 Å². The molecule has 1 fully saturated rings. The molecule has 3 aromatic carbocycles. The molecule has 252 valence electrons. The van der Waals surface area contributed by atoms with Gasteiger partial charge in [-0.05, 0) is 67.4 Å². The first-order valence-electron chi connectivity index (χ1n) is 15.8. The Kier molecular flexibility index (Phi) is 8.82. The van der Waals surface area contributed by atoms with Crippen LogP contribution in [0.5, 0.6) is 5.88 Å². The molecule has 0 spiro atoms. The number of halogens is 3. The molecule has 1 unspecified atom stereocenters. The summed E-state index contributed by atoms with van der Waals surface area (Å²) in [5.41, 5.74) is 3.78. The van der Waals surface area contributed by atoms with Crippen molar-refractivity contribution in [2.45, 2.75) is 39.0 Å². The second kappa shape index (κ2) is 13.5. The van der Waals surface area contributed by atoms with Crippen LogP contribution in [-0.4, -0.2) is 48.1 Å². The van der Waals surface area contributed by atoms with Crippen molar-refractivity contribution in [3.8, 4) is 29.0 Å². The van der Waals surface area contributed by atoms with Crippen LogP contribution in [0, 0.1) is 36.2 Å². The highest BCUT2D eigenvalue weighted by Crippen LogP contribution is 2.29. The average molecular weight is 678 g/mol. The molecular weight excluding hydrogens is 647 g/mol. The van der Waals surface area contributed by atoms with Crippen LogP contribution >= 0.6 is 0 Å². The van der Waals surface area contributed by atoms with Crippen molar-refractivity contribution in [1.29, 1.82) is 0 Å². The number of aromatic nitrogens is 5. The van der Waals surface area contributed by atoms with E-state index in [-0.39, 0.29) is 53.0 Å². The zero-order valence-corrected chi connectivity index (χ0v) is 27.1. The second-order valence-electron chi connectivity index (χ2n) is 12.0. The maximum Gasteiger partial charge on any atom is 0.335 e. The summed E-state index contributed by atoms with van der Waals surface area (Å²) < 4.78 is 60.9. The molecule has 1 atom stereocenters. The highest BCUT2D eigenvalue weighted by Gasteiger charge is 2.24. The van der Waals surface area contributed by atoms with Crippen molar-refractivity contribution >= 4 is 17.0 Å². The zero-order chi connectivity index (χ0) is 34.9. The Bertz CT molecular complexity index is 2330. The highest BCUT2D eigenvalue weighted by atomic mass is 19.1. The molecule has 1 N–H and O–H groups in total. The van der Waals surface area contributed by atoms with Gasteiger partial charge in [0.05, 0.1) is 52.4 Å². The minimum absolute atomic E-state index is 0.0392. The number of aryl methyl sites for hydroxylation is 1. The lowest BCUT2D eigenvalue weighted by Gasteiger charge is -2.27. The predicted molar refractivity (Wildman–Crippen MR) is 178 cm³/mol. The number of fused-ring (bicyclic) bond motifs is 1. The SMILES string of the molecule is Cc1c(C#Cc2ccc(COc3cccc(-c4cc(F)c(Cc5nc6ccc(C(=O)O)cc6n5CC5CCO5)cc4F)n3)c(F)c2)cnn1C. The van der Waals surface area contributed by atoms with Gasteiger partial charge in [0.25, 0.3) is 0 Å². The van der Waals surface area contributed by atoms with Gasteiger partial charge in [-0.1, -0.05) is 24.0 Å². The van der Waals surface area contributed by atoms with E-state index in [1.54, 1.807) is 41.2 Å². The van der Waals surface area contributed by atoms with E-state index >= 15 is 8.78 Å². The van der Waals surface area contributed by atoms with Gasteiger partial charge in [-0.3, -0.25) is 4.68 Å². The average Bonchev–Trinajstić information content (AvgIpc) is 3.59. The van der Waals surface area contributed by atoms with Crippen LogP contribution in [0.3, 0.4) is 0 Å². The first-order chi connectivity index (χ1) is 24.1. The Morgan fingerprint density at radius 2 is 1.82 bits per heavy atom. The van der Waals surface area contributed by atoms with Gasteiger partial charge in [0.2, 0.25) is 5.88 Å². The largest absolute Gasteiger partial charge is 0.478 e. The number of benzene rings is 3. The molecule has 12 heteroatoms. The van der Waals surface area contributed by atoms with Gasteiger partial charge in [-0.2, -0.15) is 5.10 Å². The first-order valence-corrected chi connectivity index (χ1v) is 15.8. The van der Waals surface area contributed by atoms with Gasteiger partial charge < -0.3 is 19.1 Å². The maximum absolute atomic E-state index is 15.6. The number of pyridine rings is 1. The third kappa shape index (κ3) is 6.68. The van der Waals surface area contributed by atoms with Crippen molar-refractivity contribution in [3.05, 3.63) is 130 Å². The van der Waals surface area contributed by atoms with Crippen LogP contribution in [0.15, 0.2) is 72.9 Å². The number of carboxylic acids is 1. The Hall–Kier alpha value is -5.93. The fraction of sp³-hybridized carbons (Fsp3) is 0.211. The van der Waals surface area contributed by atoms with Gasteiger partial charge in [-0.25, -0.2) is 27.9 Å². The molecular formula is C38H30F3N5O4. The van der Waals surface area contributed by atoms with E-state index < -0.39 is 23.4 Å². The van der Waals surface area contributed by atoms with Gasteiger partial charge in [0.1, 0.15) is 29.9 Å². The summed E-state index contributed by atoms with van der Waals surface area (Å²) in [6.07, 6.45) is 2.36. The molecule has 3 aromatic heterocycles. The monoisotopic (exact) mass is 677 g/mol. The summed E-state index contributed by atoms with van der Waals surface area (Å²) in [7, 11) is 1.82. The number of carboxylic acid groups (broad SMARTS) is 1. The lowest BCUT2D eigenvalue weighted by atomic mass is 10.0. The minimum Gasteiger partial charge on any atom is -0.478 e. The minimum atomic E-state index is -1.08. The van der Waals surface area contributed by atoms with E-state index in [2.05, 4.69) is 26.9 Å². The fourth-order valence-electron chi connectivity index (χ4n) is 5.67. The summed E-state index contributed by atoms with van der Waals surface area (Å²) in [5.74, 6) is 3.56. The number of carbonyl (C=O) groups is 1. The van der Waals surface area contributed by atoms with Crippen LogP contribution in [0.1, 0.15) is 50.6 Å². The molecule has 0 radical (unpaired) electrons. The molecule has 4 heterocycles. The topological polar surface area (TPSA) is 104 Å². The first kappa shape index (κ1) is 32.6. The maximum atomic E-state index is 15.6. The van der Waals surface area contributed by atoms with Crippen LogP contribution < -0.4 is 4.74 Å². The molecule has 0 aliphatic carbocycles. The number of nitrogens with zero attached hydrogens (tertiary/aromatic N) is 5.